The van der Waals surface area contributed by atoms with Crippen molar-refractivity contribution in [1.82, 2.24) is 5.32 Å². The van der Waals surface area contributed by atoms with E-state index in [2.05, 4.69) is 5.32 Å². The largest absolute Gasteiger partial charge is 0.373 e. The lowest BCUT2D eigenvalue weighted by Gasteiger charge is -2.20. The summed E-state index contributed by atoms with van der Waals surface area (Å²) in [4.78, 5) is 0. The lowest BCUT2D eigenvalue weighted by Crippen LogP contribution is -2.39. The van der Waals surface area contributed by atoms with Gasteiger partial charge in [0, 0.05) is 13.1 Å². The summed E-state index contributed by atoms with van der Waals surface area (Å²) in [5, 5.41) is 3.02. The number of alkyl halides is 1. The topological polar surface area (TPSA) is 21.3 Å². The summed E-state index contributed by atoms with van der Waals surface area (Å²) in [5.41, 5.74) is 0. The maximum atomic E-state index is 11.7. The third kappa shape index (κ3) is 1.42. The van der Waals surface area contributed by atoms with Crippen LogP contribution >= 0.6 is 0 Å². The molecule has 0 aromatic carbocycles. The Bertz CT molecular complexity index is 63.4. The van der Waals surface area contributed by atoms with Gasteiger partial charge in [-0.05, 0) is 0 Å². The number of hydrogen-bond donors (Lipinski definition) is 1. The molecule has 0 saturated carbocycles. The van der Waals surface area contributed by atoms with Gasteiger partial charge in [-0.3, -0.25) is 0 Å². The van der Waals surface area contributed by atoms with Gasteiger partial charge in [0.25, 0.3) is 0 Å². The zero-order valence-corrected chi connectivity index (χ0v) is 4.69. The summed E-state index contributed by atoms with van der Waals surface area (Å²) >= 11 is 0. The number of morpholine rings is 1. The van der Waals surface area contributed by atoms with E-state index in [-0.39, 0.29) is 12.8 Å². The SMILES string of the molecule is FCC1CNCCO1. The van der Waals surface area contributed by atoms with Crippen molar-refractivity contribution in [3.05, 3.63) is 0 Å². The quantitative estimate of drug-likeness (QED) is 0.522. The molecule has 1 unspecified atom stereocenters. The van der Waals surface area contributed by atoms with Crippen LogP contribution in [0.2, 0.25) is 0 Å². The summed E-state index contributed by atoms with van der Waals surface area (Å²) in [7, 11) is 0. The van der Waals surface area contributed by atoms with Crippen LogP contribution in [0.15, 0.2) is 0 Å². The Kier molecular flexibility index (Phi) is 2.24. The van der Waals surface area contributed by atoms with Crippen LogP contribution in [0.5, 0.6) is 0 Å². The maximum absolute atomic E-state index is 11.7. The molecular weight excluding hydrogens is 109 g/mol. The van der Waals surface area contributed by atoms with Gasteiger partial charge in [-0.1, -0.05) is 0 Å². The van der Waals surface area contributed by atoms with E-state index >= 15 is 0 Å². The van der Waals surface area contributed by atoms with Crippen molar-refractivity contribution in [1.29, 1.82) is 0 Å². The molecule has 0 amide bonds. The first-order valence-corrected chi connectivity index (χ1v) is 2.82. The van der Waals surface area contributed by atoms with Crippen LogP contribution in [0.3, 0.4) is 0 Å². The minimum absolute atomic E-state index is 0.191. The van der Waals surface area contributed by atoms with E-state index in [1.807, 2.05) is 0 Å². The zero-order chi connectivity index (χ0) is 5.82. The van der Waals surface area contributed by atoms with Crippen molar-refractivity contribution >= 4 is 0 Å². The molecule has 0 radical (unpaired) electrons. The number of ether oxygens (including phenoxy) is 1. The summed E-state index contributed by atoms with van der Waals surface area (Å²) in [6.07, 6.45) is -0.191. The second-order valence-electron chi connectivity index (χ2n) is 1.85. The Morgan fingerprint density at radius 1 is 1.75 bits per heavy atom. The Morgan fingerprint density at radius 2 is 2.62 bits per heavy atom. The molecule has 1 N–H and O–H groups in total. The highest BCUT2D eigenvalue weighted by molar-refractivity contribution is 4.64. The van der Waals surface area contributed by atoms with Gasteiger partial charge in [0.15, 0.2) is 0 Å². The first-order valence-electron chi connectivity index (χ1n) is 2.82. The molecule has 1 aliphatic heterocycles. The lowest BCUT2D eigenvalue weighted by atomic mass is 10.3. The summed E-state index contributed by atoms with van der Waals surface area (Å²) in [6.45, 7) is 1.80. The monoisotopic (exact) mass is 119 g/mol. The fourth-order valence-electron chi connectivity index (χ4n) is 0.719. The van der Waals surface area contributed by atoms with Gasteiger partial charge in [-0.2, -0.15) is 0 Å². The van der Waals surface area contributed by atoms with Gasteiger partial charge in [0.2, 0.25) is 0 Å². The number of nitrogens with one attached hydrogen (secondary N) is 1. The molecule has 3 heteroatoms. The Hall–Kier alpha value is -0.150. The van der Waals surface area contributed by atoms with E-state index in [0.29, 0.717) is 13.2 Å². The predicted molar refractivity (Wildman–Crippen MR) is 28.6 cm³/mol. The first kappa shape index (κ1) is 5.98. The van der Waals surface area contributed by atoms with Crippen molar-refractivity contribution in [2.75, 3.05) is 26.4 Å². The van der Waals surface area contributed by atoms with E-state index < -0.39 is 0 Å². The van der Waals surface area contributed by atoms with Crippen LogP contribution in [0.1, 0.15) is 0 Å². The van der Waals surface area contributed by atoms with Gasteiger partial charge in [0.1, 0.15) is 6.67 Å². The second kappa shape index (κ2) is 2.99. The van der Waals surface area contributed by atoms with E-state index in [1.54, 1.807) is 0 Å². The highest BCUT2D eigenvalue weighted by atomic mass is 19.1. The first-order chi connectivity index (χ1) is 3.93. The summed E-state index contributed by atoms with van der Waals surface area (Å²) in [5.74, 6) is 0. The second-order valence-corrected chi connectivity index (χ2v) is 1.85. The molecule has 0 bridgehead atoms. The van der Waals surface area contributed by atoms with Gasteiger partial charge in [0.05, 0.1) is 12.7 Å². The van der Waals surface area contributed by atoms with Crippen molar-refractivity contribution < 1.29 is 9.13 Å². The molecule has 1 heterocycles. The normalized spacial score (nSPS) is 30.4. The van der Waals surface area contributed by atoms with E-state index in [4.69, 9.17) is 4.74 Å². The molecule has 1 atom stereocenters. The minimum Gasteiger partial charge on any atom is -0.373 e. The molecule has 1 aliphatic rings. The standard InChI is InChI=1S/C5H10FNO/c6-3-5-4-7-1-2-8-5/h5,7H,1-4H2. The van der Waals surface area contributed by atoms with Crippen LogP contribution in [0.25, 0.3) is 0 Å². The molecule has 0 aliphatic carbocycles. The summed E-state index contributed by atoms with van der Waals surface area (Å²) in [6, 6.07) is 0. The Balaban J connectivity index is 2.13. The van der Waals surface area contributed by atoms with Crippen molar-refractivity contribution in [3.63, 3.8) is 0 Å². The number of halogens is 1. The Labute approximate surface area is 48.0 Å². The van der Waals surface area contributed by atoms with Crippen molar-refractivity contribution in [2.24, 2.45) is 0 Å². The fraction of sp³-hybridized carbons (Fsp3) is 1.00. The van der Waals surface area contributed by atoms with Crippen LogP contribution in [0, 0.1) is 0 Å². The van der Waals surface area contributed by atoms with Crippen LogP contribution < -0.4 is 5.32 Å². The van der Waals surface area contributed by atoms with Gasteiger partial charge in [-0.25, -0.2) is 4.39 Å². The lowest BCUT2D eigenvalue weighted by molar-refractivity contribution is 0.0137. The average Bonchev–Trinajstić information content (AvgIpc) is 1.90. The molecule has 0 aromatic heterocycles. The molecular formula is C5H10FNO. The molecule has 8 heavy (non-hydrogen) atoms. The molecule has 48 valence electrons. The zero-order valence-electron chi connectivity index (χ0n) is 4.69. The Morgan fingerprint density at radius 3 is 3.00 bits per heavy atom. The third-order valence-corrected chi connectivity index (χ3v) is 1.18. The molecule has 1 fully saturated rings. The maximum Gasteiger partial charge on any atom is 0.117 e. The van der Waals surface area contributed by atoms with Gasteiger partial charge < -0.3 is 10.1 Å². The number of hydrogen-bond acceptors (Lipinski definition) is 2. The molecule has 1 rings (SSSR count). The smallest absolute Gasteiger partial charge is 0.117 e. The van der Waals surface area contributed by atoms with Gasteiger partial charge in [-0.15, -0.1) is 0 Å². The minimum atomic E-state index is -0.368. The van der Waals surface area contributed by atoms with Crippen molar-refractivity contribution in [3.8, 4) is 0 Å². The average molecular weight is 119 g/mol. The predicted octanol–water partition coefficient (Wildman–Crippen LogP) is -0.0557. The molecule has 0 spiro atoms. The number of rotatable bonds is 1. The highest BCUT2D eigenvalue weighted by Gasteiger charge is 2.11. The fourth-order valence-corrected chi connectivity index (χ4v) is 0.719. The molecule has 0 aromatic rings. The van der Waals surface area contributed by atoms with E-state index in [0.717, 1.165) is 6.54 Å². The molecule has 2 nitrogen and oxygen atoms in total. The van der Waals surface area contributed by atoms with E-state index in [1.165, 1.54) is 0 Å². The van der Waals surface area contributed by atoms with Crippen LogP contribution in [-0.4, -0.2) is 32.5 Å². The van der Waals surface area contributed by atoms with Crippen molar-refractivity contribution in [2.45, 2.75) is 6.10 Å². The van der Waals surface area contributed by atoms with Crippen LogP contribution in [-0.2, 0) is 4.74 Å². The van der Waals surface area contributed by atoms with Crippen LogP contribution in [0.4, 0.5) is 4.39 Å². The molecule has 1 saturated heterocycles. The van der Waals surface area contributed by atoms with Gasteiger partial charge >= 0.3 is 0 Å². The third-order valence-electron chi connectivity index (χ3n) is 1.18. The highest BCUT2D eigenvalue weighted by Crippen LogP contribution is 1.94. The van der Waals surface area contributed by atoms with E-state index in [9.17, 15) is 4.39 Å². The summed E-state index contributed by atoms with van der Waals surface area (Å²) < 4.78 is 16.7.